The molecule has 2 aromatic carbocycles. The first-order chi connectivity index (χ1) is 14.7. The first-order valence-corrected chi connectivity index (χ1v) is 10.2. The van der Waals surface area contributed by atoms with Crippen LogP contribution >= 0.6 is 0 Å². The van der Waals surface area contributed by atoms with Crippen LogP contribution in [0.25, 0.3) is 11.1 Å². The minimum absolute atomic E-state index is 0.0634. The molecule has 0 aliphatic heterocycles. The van der Waals surface area contributed by atoms with Gasteiger partial charge in [-0.05, 0) is 49.4 Å². The molecule has 2 aromatic rings. The van der Waals surface area contributed by atoms with Crippen molar-refractivity contribution in [3.63, 3.8) is 0 Å². The van der Waals surface area contributed by atoms with Crippen molar-refractivity contribution in [2.24, 2.45) is 0 Å². The number of fused-ring (bicyclic) bond motifs is 3. The molecular weight excluding hydrogens is 398 g/mol. The number of carboxylic acid groups (broad SMARTS) is 1. The van der Waals surface area contributed by atoms with Crippen LogP contribution in [0.5, 0.6) is 0 Å². The van der Waals surface area contributed by atoms with Crippen molar-refractivity contribution < 1.29 is 29.0 Å². The van der Waals surface area contributed by atoms with E-state index < -0.39 is 29.7 Å². The lowest BCUT2D eigenvalue weighted by atomic mass is 9.98. The molecule has 7 heteroatoms. The molecule has 7 nitrogen and oxygen atoms in total. The van der Waals surface area contributed by atoms with E-state index in [0.717, 1.165) is 22.3 Å². The number of esters is 1. The quantitative estimate of drug-likeness (QED) is 0.648. The predicted octanol–water partition coefficient (Wildman–Crippen LogP) is 4.10. The highest BCUT2D eigenvalue weighted by molar-refractivity contribution is 5.81. The Morgan fingerprint density at radius 2 is 1.55 bits per heavy atom. The van der Waals surface area contributed by atoms with Gasteiger partial charge in [0.05, 0.1) is 0 Å². The summed E-state index contributed by atoms with van der Waals surface area (Å²) < 4.78 is 10.6. The minimum atomic E-state index is -1.24. The molecule has 1 aliphatic carbocycles. The van der Waals surface area contributed by atoms with Crippen LogP contribution in [0, 0.1) is 0 Å². The van der Waals surface area contributed by atoms with Gasteiger partial charge in [0, 0.05) is 12.3 Å². The number of benzene rings is 2. The number of hydrogen-bond donors (Lipinski definition) is 2. The zero-order valence-corrected chi connectivity index (χ0v) is 17.9. The van der Waals surface area contributed by atoms with Gasteiger partial charge in [-0.25, -0.2) is 9.59 Å². The van der Waals surface area contributed by atoms with Crippen LogP contribution in [0.15, 0.2) is 48.5 Å². The lowest BCUT2D eigenvalue weighted by Crippen LogP contribution is -2.43. The Labute approximate surface area is 181 Å². The molecule has 31 heavy (non-hydrogen) atoms. The molecular formula is C24H27NO6. The Bertz CT molecular complexity index is 933. The number of amides is 1. The number of carbonyl (C=O) groups excluding carboxylic acids is 2. The molecule has 0 saturated carbocycles. The molecule has 0 spiro atoms. The molecule has 0 unspecified atom stereocenters. The van der Waals surface area contributed by atoms with E-state index in [2.05, 4.69) is 17.4 Å². The summed E-state index contributed by atoms with van der Waals surface area (Å²) in [7, 11) is 0. The number of hydrogen-bond acceptors (Lipinski definition) is 5. The van der Waals surface area contributed by atoms with Gasteiger partial charge in [0.2, 0.25) is 0 Å². The van der Waals surface area contributed by atoms with E-state index in [9.17, 15) is 19.5 Å². The fraction of sp³-hybridized carbons (Fsp3) is 0.375. The number of alkyl carbamates (subject to hydrolysis) is 1. The number of ether oxygens (including phenoxy) is 2. The van der Waals surface area contributed by atoms with Gasteiger partial charge in [-0.2, -0.15) is 0 Å². The summed E-state index contributed by atoms with van der Waals surface area (Å²) in [5, 5.41) is 11.6. The zero-order valence-electron chi connectivity index (χ0n) is 17.9. The Kier molecular flexibility index (Phi) is 6.63. The maximum Gasteiger partial charge on any atom is 0.408 e. The molecule has 0 fully saturated rings. The van der Waals surface area contributed by atoms with Crippen LogP contribution in [0.1, 0.15) is 50.7 Å². The fourth-order valence-electron chi connectivity index (χ4n) is 3.66. The Hall–Kier alpha value is -3.35. The molecule has 164 valence electrons. The Morgan fingerprint density at radius 1 is 1.00 bits per heavy atom. The van der Waals surface area contributed by atoms with Crippen LogP contribution < -0.4 is 5.32 Å². The minimum Gasteiger partial charge on any atom is -0.480 e. The van der Waals surface area contributed by atoms with Gasteiger partial charge in [0.15, 0.2) is 0 Å². The second kappa shape index (κ2) is 9.20. The normalized spacial score (nSPS) is 13.6. The third kappa shape index (κ3) is 5.63. The Balaban J connectivity index is 1.56. The SMILES string of the molecule is CC(C)(C)OC(=O)N[C@H](CCC(=O)OCC1c2ccccc2-c2ccccc21)C(=O)O. The second-order valence-electron chi connectivity index (χ2n) is 8.49. The lowest BCUT2D eigenvalue weighted by molar-refractivity contribution is -0.145. The number of nitrogens with one attached hydrogen (secondary N) is 1. The largest absolute Gasteiger partial charge is 0.480 e. The van der Waals surface area contributed by atoms with Gasteiger partial charge in [-0.15, -0.1) is 0 Å². The van der Waals surface area contributed by atoms with Gasteiger partial charge in [0.1, 0.15) is 18.2 Å². The molecule has 0 heterocycles. The summed E-state index contributed by atoms with van der Waals surface area (Å²) in [5.74, 6) is -1.82. The highest BCUT2D eigenvalue weighted by Gasteiger charge is 2.29. The molecule has 1 atom stereocenters. The molecule has 0 aromatic heterocycles. The zero-order chi connectivity index (χ0) is 22.6. The standard InChI is InChI=1S/C24H27NO6/c1-24(2,3)31-23(29)25-20(22(27)28)12-13-21(26)30-14-19-17-10-6-4-8-15(17)16-9-5-7-11-18(16)19/h4-11,19-20H,12-14H2,1-3H3,(H,25,29)(H,27,28)/t20-/m1/s1. The summed E-state index contributed by atoms with van der Waals surface area (Å²) in [6.45, 7) is 5.21. The smallest absolute Gasteiger partial charge is 0.408 e. The van der Waals surface area contributed by atoms with E-state index in [0.29, 0.717) is 0 Å². The van der Waals surface area contributed by atoms with Crippen LogP contribution in [-0.2, 0) is 19.1 Å². The average Bonchev–Trinajstić information content (AvgIpc) is 3.02. The van der Waals surface area contributed by atoms with Gasteiger partial charge in [-0.1, -0.05) is 48.5 Å². The van der Waals surface area contributed by atoms with Gasteiger partial charge >= 0.3 is 18.0 Å². The van der Waals surface area contributed by atoms with Gasteiger partial charge < -0.3 is 19.9 Å². The summed E-state index contributed by atoms with van der Waals surface area (Å²) in [4.78, 5) is 35.6. The number of carbonyl (C=O) groups is 3. The summed E-state index contributed by atoms with van der Waals surface area (Å²) in [5.41, 5.74) is 3.72. The molecule has 1 amide bonds. The molecule has 2 N–H and O–H groups in total. The number of rotatable bonds is 7. The van der Waals surface area contributed by atoms with E-state index in [1.165, 1.54) is 0 Å². The van der Waals surface area contributed by atoms with Crippen molar-refractivity contribution in [3.8, 4) is 11.1 Å². The number of aliphatic carboxylic acids is 1. The van der Waals surface area contributed by atoms with E-state index in [4.69, 9.17) is 9.47 Å². The Morgan fingerprint density at radius 3 is 2.06 bits per heavy atom. The van der Waals surface area contributed by atoms with Gasteiger partial charge in [-0.3, -0.25) is 4.79 Å². The van der Waals surface area contributed by atoms with Crippen LogP contribution in [0.3, 0.4) is 0 Å². The van der Waals surface area contributed by atoms with E-state index in [1.54, 1.807) is 20.8 Å². The third-order valence-corrected chi connectivity index (χ3v) is 5.00. The molecule has 0 saturated heterocycles. The van der Waals surface area contributed by atoms with Crippen molar-refractivity contribution in [2.75, 3.05) is 6.61 Å². The molecule has 0 radical (unpaired) electrons. The predicted molar refractivity (Wildman–Crippen MR) is 115 cm³/mol. The van der Waals surface area contributed by atoms with Crippen LogP contribution in [0.2, 0.25) is 0 Å². The first kappa shape index (κ1) is 22.3. The van der Waals surface area contributed by atoms with Crippen molar-refractivity contribution in [3.05, 3.63) is 59.7 Å². The van der Waals surface area contributed by atoms with Crippen LogP contribution in [0.4, 0.5) is 4.79 Å². The van der Waals surface area contributed by atoms with E-state index in [1.807, 2.05) is 36.4 Å². The summed E-state index contributed by atoms with van der Waals surface area (Å²) >= 11 is 0. The van der Waals surface area contributed by atoms with Crippen molar-refractivity contribution in [1.29, 1.82) is 0 Å². The monoisotopic (exact) mass is 425 g/mol. The summed E-state index contributed by atoms with van der Waals surface area (Å²) in [6.07, 6.45) is -1.07. The molecule has 3 rings (SSSR count). The van der Waals surface area contributed by atoms with Crippen molar-refractivity contribution in [2.45, 2.75) is 51.2 Å². The van der Waals surface area contributed by atoms with E-state index in [-0.39, 0.29) is 25.4 Å². The van der Waals surface area contributed by atoms with Gasteiger partial charge in [0.25, 0.3) is 0 Å². The van der Waals surface area contributed by atoms with Crippen LogP contribution in [-0.4, -0.2) is 41.4 Å². The summed E-state index contributed by atoms with van der Waals surface area (Å²) in [6, 6.07) is 14.8. The highest BCUT2D eigenvalue weighted by Crippen LogP contribution is 2.44. The maximum atomic E-state index is 12.3. The van der Waals surface area contributed by atoms with E-state index >= 15 is 0 Å². The highest BCUT2D eigenvalue weighted by atomic mass is 16.6. The third-order valence-electron chi connectivity index (χ3n) is 5.00. The second-order valence-corrected chi connectivity index (χ2v) is 8.49. The maximum absolute atomic E-state index is 12.3. The first-order valence-electron chi connectivity index (χ1n) is 10.2. The lowest BCUT2D eigenvalue weighted by Gasteiger charge is -2.22. The van der Waals surface area contributed by atoms with Crippen molar-refractivity contribution in [1.82, 2.24) is 5.32 Å². The topological polar surface area (TPSA) is 102 Å². The molecule has 0 bridgehead atoms. The number of carboxylic acids is 1. The van der Waals surface area contributed by atoms with Crippen molar-refractivity contribution >= 4 is 18.0 Å². The fourth-order valence-corrected chi connectivity index (χ4v) is 3.66. The average molecular weight is 425 g/mol. The molecule has 1 aliphatic rings.